The average molecular weight is 414 g/mol. The van der Waals surface area contributed by atoms with Crippen LogP contribution in [0.15, 0.2) is 12.2 Å². The van der Waals surface area contributed by atoms with E-state index in [-0.39, 0.29) is 51.0 Å². The summed E-state index contributed by atoms with van der Waals surface area (Å²) >= 11 is 0. The number of carbonyl (C=O) groups is 5. The summed E-state index contributed by atoms with van der Waals surface area (Å²) in [4.78, 5) is 62.1. The van der Waals surface area contributed by atoms with Gasteiger partial charge in [-0.25, -0.2) is 4.79 Å². The standard InChI is InChI=1S/C16H18N2O9S/c19-11-1-2-12(20)17(11)9-10-5-7-16(8-6-10,15(23)27-28(24,25)26)18-13(21)3-4-14(18)22/h1-2,10H,3-9H2,(H,24,25,26). The summed E-state index contributed by atoms with van der Waals surface area (Å²) in [7, 11) is -5.13. The van der Waals surface area contributed by atoms with Gasteiger partial charge in [0.15, 0.2) is 0 Å². The number of carbonyl (C=O) groups excluding carboxylic acids is 5. The number of imide groups is 2. The Bertz CT molecular complexity index is 850. The van der Waals surface area contributed by atoms with Crippen LogP contribution in [0.4, 0.5) is 0 Å². The lowest BCUT2D eigenvalue weighted by Gasteiger charge is -2.42. The fourth-order valence-corrected chi connectivity index (χ4v) is 4.30. The highest BCUT2D eigenvalue weighted by Crippen LogP contribution is 2.41. The Hall–Kier alpha value is -2.60. The molecule has 12 heteroatoms. The summed E-state index contributed by atoms with van der Waals surface area (Å²) < 4.78 is 35.0. The molecule has 0 aromatic carbocycles. The van der Waals surface area contributed by atoms with Gasteiger partial charge in [0, 0.05) is 31.5 Å². The van der Waals surface area contributed by atoms with Crippen LogP contribution in [0.2, 0.25) is 0 Å². The summed E-state index contributed by atoms with van der Waals surface area (Å²) in [5.41, 5.74) is -1.84. The van der Waals surface area contributed by atoms with Gasteiger partial charge in [0.05, 0.1) is 0 Å². The van der Waals surface area contributed by atoms with Crippen molar-refractivity contribution < 1.29 is 41.1 Å². The number of hydrogen-bond donors (Lipinski definition) is 1. The molecule has 0 radical (unpaired) electrons. The molecular formula is C16H18N2O9S. The van der Waals surface area contributed by atoms with Crippen LogP contribution in [0.1, 0.15) is 38.5 Å². The first kappa shape index (κ1) is 20.1. The number of likely N-dealkylation sites (tertiary alicyclic amines) is 1. The molecule has 1 saturated carbocycles. The normalized spacial score (nSPS) is 28.4. The van der Waals surface area contributed by atoms with Crippen molar-refractivity contribution in [1.29, 1.82) is 0 Å². The van der Waals surface area contributed by atoms with Crippen LogP contribution in [-0.4, -0.2) is 64.5 Å². The van der Waals surface area contributed by atoms with Gasteiger partial charge in [-0.05, 0) is 31.6 Å². The third kappa shape index (κ3) is 3.69. The Morgan fingerprint density at radius 2 is 1.57 bits per heavy atom. The van der Waals surface area contributed by atoms with Crippen molar-refractivity contribution in [2.45, 2.75) is 44.1 Å². The van der Waals surface area contributed by atoms with E-state index in [2.05, 4.69) is 4.18 Å². The van der Waals surface area contributed by atoms with Gasteiger partial charge in [-0.3, -0.25) is 33.5 Å². The summed E-state index contributed by atoms with van der Waals surface area (Å²) in [6, 6.07) is 0. The minimum absolute atomic E-state index is 0.104. The molecule has 4 amide bonds. The highest BCUT2D eigenvalue weighted by molar-refractivity contribution is 7.81. The molecule has 3 aliphatic rings. The van der Waals surface area contributed by atoms with Crippen molar-refractivity contribution in [1.82, 2.24) is 9.80 Å². The smallest absolute Gasteiger partial charge is 0.322 e. The molecule has 0 aromatic rings. The third-order valence-electron chi connectivity index (χ3n) is 5.31. The van der Waals surface area contributed by atoms with Crippen molar-refractivity contribution in [3.63, 3.8) is 0 Å². The van der Waals surface area contributed by atoms with Gasteiger partial charge < -0.3 is 4.18 Å². The Morgan fingerprint density at radius 1 is 1.07 bits per heavy atom. The summed E-state index contributed by atoms with van der Waals surface area (Å²) in [5.74, 6) is -3.73. The van der Waals surface area contributed by atoms with Crippen LogP contribution in [0.3, 0.4) is 0 Å². The molecule has 1 aliphatic carbocycles. The third-order valence-corrected chi connectivity index (χ3v) is 5.68. The molecule has 0 atom stereocenters. The lowest BCUT2D eigenvalue weighted by molar-refractivity contribution is -0.164. The molecule has 2 aliphatic heterocycles. The van der Waals surface area contributed by atoms with E-state index in [1.165, 1.54) is 0 Å². The zero-order valence-electron chi connectivity index (χ0n) is 14.7. The Kier molecular flexibility index (Phi) is 5.10. The maximum atomic E-state index is 12.5. The first-order valence-corrected chi connectivity index (χ1v) is 10.0. The average Bonchev–Trinajstić information content (AvgIpc) is 3.10. The van der Waals surface area contributed by atoms with Crippen LogP contribution in [0, 0.1) is 5.92 Å². The predicted octanol–water partition coefficient (Wildman–Crippen LogP) is -0.665. The van der Waals surface area contributed by atoms with Crippen molar-refractivity contribution in [3.8, 4) is 0 Å². The Labute approximate surface area is 160 Å². The second kappa shape index (κ2) is 7.09. The number of hydrogen-bond acceptors (Lipinski definition) is 8. The second-order valence-electron chi connectivity index (χ2n) is 7.02. The maximum Gasteiger partial charge on any atom is 0.449 e. The fourth-order valence-electron chi connectivity index (χ4n) is 3.95. The zero-order chi connectivity index (χ0) is 20.7. The first-order valence-electron chi connectivity index (χ1n) is 8.64. The molecule has 28 heavy (non-hydrogen) atoms. The second-order valence-corrected chi connectivity index (χ2v) is 8.04. The molecule has 152 valence electrons. The molecule has 3 rings (SSSR count). The van der Waals surface area contributed by atoms with Crippen molar-refractivity contribution in [3.05, 3.63) is 12.2 Å². The molecule has 2 fully saturated rings. The van der Waals surface area contributed by atoms with E-state index in [0.29, 0.717) is 0 Å². The molecule has 11 nitrogen and oxygen atoms in total. The van der Waals surface area contributed by atoms with E-state index in [4.69, 9.17) is 4.55 Å². The topological polar surface area (TPSA) is 155 Å². The van der Waals surface area contributed by atoms with E-state index < -0.39 is 45.5 Å². The molecule has 0 aromatic heterocycles. The zero-order valence-corrected chi connectivity index (χ0v) is 15.5. The molecule has 2 heterocycles. The van der Waals surface area contributed by atoms with Gasteiger partial charge in [0.1, 0.15) is 5.54 Å². The monoisotopic (exact) mass is 414 g/mol. The summed E-state index contributed by atoms with van der Waals surface area (Å²) in [6.07, 6.45) is 2.35. The molecule has 1 N–H and O–H groups in total. The molecule has 0 spiro atoms. The molecular weight excluding hydrogens is 396 g/mol. The van der Waals surface area contributed by atoms with E-state index in [9.17, 15) is 32.4 Å². The highest BCUT2D eigenvalue weighted by Gasteiger charge is 2.55. The quantitative estimate of drug-likeness (QED) is 0.455. The van der Waals surface area contributed by atoms with Crippen molar-refractivity contribution in [2.75, 3.05) is 6.54 Å². The SMILES string of the molecule is O=C1C=CC(=O)N1CC1CCC(C(=O)OS(=O)(=O)O)(N2C(=O)CCC2=O)CC1. The van der Waals surface area contributed by atoms with Crippen molar-refractivity contribution >= 4 is 40.0 Å². The van der Waals surface area contributed by atoms with Gasteiger partial charge in [-0.2, -0.15) is 8.42 Å². The Balaban J connectivity index is 1.79. The van der Waals surface area contributed by atoms with E-state index in [1.807, 2.05) is 0 Å². The van der Waals surface area contributed by atoms with E-state index in [0.717, 1.165) is 22.0 Å². The van der Waals surface area contributed by atoms with Crippen LogP contribution in [-0.2, 0) is 38.6 Å². The maximum absolute atomic E-state index is 12.5. The highest BCUT2D eigenvalue weighted by atomic mass is 32.3. The molecule has 1 saturated heterocycles. The van der Waals surface area contributed by atoms with Crippen molar-refractivity contribution in [2.24, 2.45) is 5.92 Å². The fraction of sp³-hybridized carbons (Fsp3) is 0.562. The lowest BCUT2D eigenvalue weighted by atomic mass is 9.75. The van der Waals surface area contributed by atoms with Crippen LogP contribution in [0.5, 0.6) is 0 Å². The van der Waals surface area contributed by atoms with Gasteiger partial charge in [-0.15, -0.1) is 0 Å². The number of rotatable bonds is 5. The van der Waals surface area contributed by atoms with Crippen LogP contribution >= 0.6 is 0 Å². The first-order chi connectivity index (χ1) is 13.0. The molecule has 0 bridgehead atoms. The Morgan fingerprint density at radius 3 is 2.04 bits per heavy atom. The van der Waals surface area contributed by atoms with Gasteiger partial charge in [-0.1, -0.05) is 0 Å². The van der Waals surface area contributed by atoms with Gasteiger partial charge >= 0.3 is 16.4 Å². The van der Waals surface area contributed by atoms with Gasteiger partial charge in [0.2, 0.25) is 11.8 Å². The summed E-state index contributed by atoms with van der Waals surface area (Å²) in [5, 5.41) is 0. The van der Waals surface area contributed by atoms with E-state index in [1.54, 1.807) is 0 Å². The van der Waals surface area contributed by atoms with Crippen LogP contribution in [0.25, 0.3) is 0 Å². The van der Waals surface area contributed by atoms with E-state index >= 15 is 0 Å². The van der Waals surface area contributed by atoms with Crippen LogP contribution < -0.4 is 0 Å². The predicted molar refractivity (Wildman–Crippen MR) is 89.3 cm³/mol. The molecule has 0 unspecified atom stereocenters. The number of nitrogens with zero attached hydrogens (tertiary/aromatic N) is 2. The van der Waals surface area contributed by atoms with Gasteiger partial charge in [0.25, 0.3) is 11.8 Å². The minimum atomic E-state index is -5.13. The minimum Gasteiger partial charge on any atom is -0.322 e. The largest absolute Gasteiger partial charge is 0.449 e. The lowest BCUT2D eigenvalue weighted by Crippen LogP contribution is -2.59. The summed E-state index contributed by atoms with van der Waals surface area (Å²) in [6.45, 7) is 0.107. The number of amides is 4.